The van der Waals surface area contributed by atoms with E-state index in [1.54, 1.807) is 0 Å². The number of carbonyl (C=O) groups excluding carboxylic acids is 1. The van der Waals surface area contributed by atoms with Crippen molar-refractivity contribution < 1.29 is 4.79 Å². The molecule has 1 saturated heterocycles. The van der Waals surface area contributed by atoms with E-state index in [1.807, 2.05) is 0 Å². The van der Waals surface area contributed by atoms with Gasteiger partial charge in [0.1, 0.15) is 5.78 Å². The van der Waals surface area contributed by atoms with Crippen molar-refractivity contribution in [3.05, 3.63) is 0 Å². The first-order valence-corrected chi connectivity index (χ1v) is 5.81. The van der Waals surface area contributed by atoms with Gasteiger partial charge in [-0.25, -0.2) is 0 Å². The summed E-state index contributed by atoms with van der Waals surface area (Å²) >= 11 is 0. The van der Waals surface area contributed by atoms with Gasteiger partial charge in [0.05, 0.1) is 0 Å². The number of nitrogens with zero attached hydrogens (tertiary/aromatic N) is 1. The van der Waals surface area contributed by atoms with Crippen LogP contribution in [0.3, 0.4) is 0 Å². The fourth-order valence-corrected chi connectivity index (χ4v) is 1.97. The van der Waals surface area contributed by atoms with Crippen LogP contribution in [0.4, 0.5) is 0 Å². The molecule has 90 valence electrons. The monoisotopic (exact) mass is 213 g/mol. The third-order valence-corrected chi connectivity index (χ3v) is 3.14. The van der Waals surface area contributed by atoms with Crippen molar-refractivity contribution in [1.29, 1.82) is 0 Å². The molecule has 0 spiro atoms. The van der Waals surface area contributed by atoms with E-state index in [9.17, 15) is 4.79 Å². The summed E-state index contributed by atoms with van der Waals surface area (Å²) in [7, 11) is 2.13. The molecular weight excluding hydrogens is 186 g/mol. The summed E-state index contributed by atoms with van der Waals surface area (Å²) in [6.07, 6.45) is 4.01. The predicted molar refractivity (Wildman–Crippen MR) is 66.0 cm³/mol. The number of hydrogen-bond acceptors (Lipinski definition) is 2. The van der Waals surface area contributed by atoms with Crippen molar-refractivity contribution >= 4 is 5.78 Å². The van der Waals surface area contributed by atoms with Crippen molar-refractivity contribution in [1.82, 2.24) is 4.90 Å². The first-order valence-electron chi connectivity index (χ1n) is 5.81. The summed E-state index contributed by atoms with van der Waals surface area (Å²) in [6, 6.07) is 0. The number of rotatable bonds is 4. The molecule has 1 fully saturated rings. The Morgan fingerprint density at radius 1 is 1.33 bits per heavy atom. The van der Waals surface area contributed by atoms with Crippen molar-refractivity contribution in [2.45, 2.75) is 47.0 Å². The molecule has 0 amide bonds. The number of hydrogen-bond donors (Lipinski definition) is 0. The van der Waals surface area contributed by atoms with Crippen molar-refractivity contribution in [3.63, 3.8) is 0 Å². The molecule has 0 aromatic carbocycles. The highest BCUT2D eigenvalue weighted by Crippen LogP contribution is 2.19. The molecule has 2 heteroatoms. The minimum atomic E-state index is 0. The second-order valence-electron chi connectivity index (χ2n) is 4.98. The maximum absolute atomic E-state index is 11.8. The van der Waals surface area contributed by atoms with Crippen LogP contribution in [0.15, 0.2) is 0 Å². The number of ketones is 1. The predicted octanol–water partition coefficient (Wildman–Crippen LogP) is 2.97. The van der Waals surface area contributed by atoms with Gasteiger partial charge < -0.3 is 4.90 Å². The summed E-state index contributed by atoms with van der Waals surface area (Å²) in [5, 5.41) is 0. The van der Waals surface area contributed by atoms with Gasteiger partial charge in [0.15, 0.2) is 0 Å². The zero-order valence-corrected chi connectivity index (χ0v) is 9.75. The molecular formula is C13H27NO. The lowest BCUT2D eigenvalue weighted by Gasteiger charge is -2.28. The van der Waals surface area contributed by atoms with E-state index in [0.717, 1.165) is 38.8 Å². The highest BCUT2D eigenvalue weighted by atomic mass is 16.1. The molecule has 1 aliphatic rings. The quantitative estimate of drug-likeness (QED) is 0.715. The Kier molecular flexibility index (Phi) is 6.82. The molecule has 0 aliphatic carbocycles. The third-order valence-electron chi connectivity index (χ3n) is 3.14. The molecule has 0 bridgehead atoms. The second kappa shape index (κ2) is 7.00. The maximum Gasteiger partial charge on any atom is 0.136 e. The van der Waals surface area contributed by atoms with Crippen LogP contribution in [0.25, 0.3) is 0 Å². The molecule has 0 atom stereocenters. The highest BCUT2D eigenvalue weighted by molar-refractivity contribution is 5.81. The largest absolute Gasteiger partial charge is 0.306 e. The van der Waals surface area contributed by atoms with Gasteiger partial charge in [-0.2, -0.15) is 0 Å². The van der Waals surface area contributed by atoms with Crippen LogP contribution in [-0.2, 0) is 4.79 Å². The fraction of sp³-hybridized carbons (Fsp3) is 0.923. The number of carbonyl (C=O) groups is 1. The lowest BCUT2D eigenvalue weighted by molar-refractivity contribution is -0.124. The zero-order valence-electron chi connectivity index (χ0n) is 9.75. The van der Waals surface area contributed by atoms with E-state index in [-0.39, 0.29) is 7.43 Å². The van der Waals surface area contributed by atoms with Crippen LogP contribution in [-0.4, -0.2) is 30.8 Å². The van der Waals surface area contributed by atoms with E-state index >= 15 is 0 Å². The molecule has 1 heterocycles. The summed E-state index contributed by atoms with van der Waals surface area (Å²) in [5.74, 6) is 1.53. The van der Waals surface area contributed by atoms with E-state index in [2.05, 4.69) is 25.8 Å². The van der Waals surface area contributed by atoms with Gasteiger partial charge in [0, 0.05) is 12.3 Å². The Morgan fingerprint density at radius 3 is 2.33 bits per heavy atom. The number of likely N-dealkylation sites (tertiary alicyclic amines) is 1. The van der Waals surface area contributed by atoms with Gasteiger partial charge in [-0.15, -0.1) is 0 Å². The second-order valence-corrected chi connectivity index (χ2v) is 4.98. The normalized spacial score (nSPS) is 18.9. The van der Waals surface area contributed by atoms with Crippen molar-refractivity contribution in [2.75, 3.05) is 20.1 Å². The van der Waals surface area contributed by atoms with Gasteiger partial charge >= 0.3 is 0 Å². The van der Waals surface area contributed by atoms with Crippen LogP contribution in [0.2, 0.25) is 0 Å². The van der Waals surface area contributed by atoms with Crippen LogP contribution in [0.5, 0.6) is 0 Å². The Balaban J connectivity index is 0.00000196. The summed E-state index contributed by atoms with van der Waals surface area (Å²) in [4.78, 5) is 14.1. The summed E-state index contributed by atoms with van der Waals surface area (Å²) in [5.41, 5.74) is 0. The van der Waals surface area contributed by atoms with E-state index < -0.39 is 0 Å². The average molecular weight is 213 g/mol. The van der Waals surface area contributed by atoms with E-state index in [4.69, 9.17) is 0 Å². The van der Waals surface area contributed by atoms with E-state index in [0.29, 0.717) is 17.6 Å². The molecule has 0 aromatic heterocycles. The SMILES string of the molecule is C.CC(C)CCC(=O)C1CCN(C)CC1. The Labute approximate surface area is 95.0 Å². The van der Waals surface area contributed by atoms with Crippen LogP contribution in [0, 0.1) is 11.8 Å². The van der Waals surface area contributed by atoms with Gasteiger partial charge in [-0.3, -0.25) is 4.79 Å². The van der Waals surface area contributed by atoms with Crippen molar-refractivity contribution in [3.8, 4) is 0 Å². The van der Waals surface area contributed by atoms with Crippen molar-refractivity contribution in [2.24, 2.45) is 11.8 Å². The summed E-state index contributed by atoms with van der Waals surface area (Å²) < 4.78 is 0. The Morgan fingerprint density at radius 2 is 1.87 bits per heavy atom. The van der Waals surface area contributed by atoms with E-state index in [1.165, 1.54) is 0 Å². The first-order chi connectivity index (χ1) is 6.59. The van der Waals surface area contributed by atoms with Gasteiger partial charge in [0.2, 0.25) is 0 Å². The van der Waals surface area contributed by atoms with Gasteiger partial charge in [0.25, 0.3) is 0 Å². The third kappa shape index (κ3) is 5.31. The number of piperidine rings is 1. The average Bonchev–Trinajstić information content (AvgIpc) is 2.15. The van der Waals surface area contributed by atoms with Gasteiger partial charge in [-0.1, -0.05) is 21.3 Å². The molecule has 15 heavy (non-hydrogen) atoms. The molecule has 1 aliphatic heterocycles. The maximum atomic E-state index is 11.8. The smallest absolute Gasteiger partial charge is 0.136 e. The fourth-order valence-electron chi connectivity index (χ4n) is 1.97. The topological polar surface area (TPSA) is 20.3 Å². The molecule has 1 rings (SSSR count). The number of Topliss-reactive ketones (excluding diaryl/α,β-unsaturated/α-hetero) is 1. The highest BCUT2D eigenvalue weighted by Gasteiger charge is 2.22. The lowest BCUT2D eigenvalue weighted by atomic mass is 9.89. The zero-order chi connectivity index (χ0) is 10.6. The minimum Gasteiger partial charge on any atom is -0.306 e. The molecule has 0 radical (unpaired) electrons. The molecule has 2 nitrogen and oxygen atoms in total. The first kappa shape index (κ1) is 14.6. The molecule has 0 aromatic rings. The van der Waals surface area contributed by atoms with Gasteiger partial charge in [-0.05, 0) is 45.3 Å². The molecule has 0 unspecified atom stereocenters. The molecule has 0 saturated carbocycles. The van der Waals surface area contributed by atoms with Crippen LogP contribution >= 0.6 is 0 Å². The van der Waals surface area contributed by atoms with Crippen LogP contribution < -0.4 is 0 Å². The standard InChI is InChI=1S/C12H23NO.CH4/c1-10(2)4-5-12(14)11-6-8-13(3)9-7-11;/h10-11H,4-9H2,1-3H3;1H4. The Bertz CT molecular complexity index is 181. The molecule has 0 N–H and O–H groups in total. The Hall–Kier alpha value is -0.370. The summed E-state index contributed by atoms with van der Waals surface area (Å²) in [6.45, 7) is 6.56. The van der Waals surface area contributed by atoms with Crippen LogP contribution in [0.1, 0.15) is 47.0 Å². The lowest BCUT2D eigenvalue weighted by Crippen LogP contribution is -2.33. The minimum absolute atomic E-state index is 0.